The second kappa shape index (κ2) is 9.77. The zero-order valence-electron chi connectivity index (χ0n) is 17.2. The molecule has 0 fully saturated rings. The van der Waals surface area contributed by atoms with E-state index in [1.54, 1.807) is 18.3 Å². The molecule has 3 rings (SSSR count). The highest BCUT2D eigenvalue weighted by atomic mass is 16.4. The number of nitrogens with two attached hydrogens (primary N) is 1. The van der Waals surface area contributed by atoms with Gasteiger partial charge in [0.1, 0.15) is 18.0 Å². The van der Waals surface area contributed by atoms with Crippen molar-refractivity contribution in [2.45, 2.75) is 31.2 Å². The number of H-pyrrole nitrogens is 1. The van der Waals surface area contributed by atoms with Gasteiger partial charge in [0.15, 0.2) is 0 Å². The molecular formula is C21H21N5O7. The number of nitrogens with one attached hydrogen (secondary N) is 2. The third-order valence-corrected chi connectivity index (χ3v) is 5.09. The molecule has 2 atom stereocenters. The number of aldehydes is 1. The first-order valence-electron chi connectivity index (χ1n) is 9.83. The van der Waals surface area contributed by atoms with E-state index in [2.05, 4.69) is 20.3 Å². The van der Waals surface area contributed by atoms with E-state index in [4.69, 9.17) is 10.8 Å². The number of carboxylic acid groups (broad SMARTS) is 2. The molecule has 0 saturated carbocycles. The summed E-state index contributed by atoms with van der Waals surface area (Å²) in [5, 5.41) is 30.8. The van der Waals surface area contributed by atoms with E-state index in [0.717, 1.165) is 6.29 Å². The van der Waals surface area contributed by atoms with E-state index >= 15 is 0 Å². The monoisotopic (exact) mass is 455 g/mol. The van der Waals surface area contributed by atoms with Gasteiger partial charge in [-0.05, 0) is 29.7 Å². The smallest absolute Gasteiger partial charge is 0.326 e. The Hall–Kier alpha value is -4.48. The highest BCUT2D eigenvalue weighted by molar-refractivity contribution is 5.96. The van der Waals surface area contributed by atoms with Crippen LogP contribution in [0.15, 0.2) is 30.5 Å². The molecule has 7 N–H and O–H groups in total. The summed E-state index contributed by atoms with van der Waals surface area (Å²) in [6.07, 6.45) is 1.72. The molecular weight excluding hydrogens is 434 g/mol. The molecule has 2 aromatic heterocycles. The molecule has 12 heteroatoms. The van der Waals surface area contributed by atoms with Crippen LogP contribution < -0.4 is 11.1 Å². The number of aliphatic carboxylic acids is 2. The van der Waals surface area contributed by atoms with Gasteiger partial charge in [-0.15, -0.1) is 0 Å². The first-order chi connectivity index (χ1) is 15.7. The number of carboxylic acids is 2. The lowest BCUT2D eigenvalue weighted by molar-refractivity contribution is -0.140. The number of hydrogen-bond donors (Lipinski definition) is 6. The van der Waals surface area contributed by atoms with Gasteiger partial charge in [-0.2, -0.15) is 9.97 Å². The number of carbonyl (C=O) groups excluding carboxylic acids is 2. The number of nitrogens with zero attached hydrogens (tertiary/aromatic N) is 2. The first-order valence-corrected chi connectivity index (χ1v) is 9.83. The number of benzene rings is 1. The van der Waals surface area contributed by atoms with E-state index in [9.17, 15) is 29.4 Å². The molecule has 2 heterocycles. The van der Waals surface area contributed by atoms with Gasteiger partial charge in [0.25, 0.3) is 5.91 Å². The standard InChI is InChI=1S/C21H21N5O7/c22-21-25-17-16(19(31)26-21)13(9-23-17)12(7-8-27)10-1-3-11(4-2-10)18(30)24-14(20(32)33)5-6-15(28)29/h1-4,8-9,12,14H,5-7H2,(H,24,30)(H,28,29)(H,32,33)(H4,22,23,25,26,31)/t12?,14-/m0/s1. The van der Waals surface area contributed by atoms with Crippen LogP contribution in [-0.2, 0) is 14.4 Å². The fourth-order valence-corrected chi connectivity index (χ4v) is 3.50. The second-order valence-electron chi connectivity index (χ2n) is 7.25. The summed E-state index contributed by atoms with van der Waals surface area (Å²) in [5.74, 6) is -4.12. The van der Waals surface area contributed by atoms with Gasteiger partial charge >= 0.3 is 11.9 Å². The fraction of sp³-hybridized carbons (Fsp3) is 0.238. The van der Waals surface area contributed by atoms with Gasteiger partial charge in [-0.3, -0.25) is 9.59 Å². The predicted molar refractivity (Wildman–Crippen MR) is 115 cm³/mol. The average molecular weight is 455 g/mol. The molecule has 0 aliphatic heterocycles. The van der Waals surface area contributed by atoms with Crippen molar-refractivity contribution in [3.8, 4) is 5.88 Å². The van der Waals surface area contributed by atoms with E-state index in [-0.39, 0.29) is 30.2 Å². The van der Waals surface area contributed by atoms with Crippen LogP contribution >= 0.6 is 0 Å². The van der Waals surface area contributed by atoms with Crippen LogP contribution in [0.3, 0.4) is 0 Å². The number of carbonyl (C=O) groups is 4. The Kier molecular flexibility index (Phi) is 6.86. The van der Waals surface area contributed by atoms with Crippen molar-refractivity contribution in [3.05, 3.63) is 47.2 Å². The summed E-state index contributed by atoms with van der Waals surface area (Å²) < 4.78 is 0. The molecule has 0 radical (unpaired) electrons. The van der Waals surface area contributed by atoms with Crippen LogP contribution in [0, 0.1) is 0 Å². The Balaban J connectivity index is 1.85. The number of anilines is 1. The minimum Gasteiger partial charge on any atom is -0.493 e. The number of fused-ring (bicyclic) bond motifs is 1. The Bertz CT molecular complexity index is 1210. The highest BCUT2D eigenvalue weighted by Crippen LogP contribution is 2.36. The molecule has 0 spiro atoms. The van der Waals surface area contributed by atoms with Gasteiger partial charge in [0.05, 0.1) is 5.39 Å². The molecule has 0 aliphatic rings. The zero-order chi connectivity index (χ0) is 24.1. The second-order valence-corrected chi connectivity index (χ2v) is 7.25. The van der Waals surface area contributed by atoms with Crippen molar-refractivity contribution in [3.63, 3.8) is 0 Å². The van der Waals surface area contributed by atoms with Gasteiger partial charge in [-0.25, -0.2) is 4.79 Å². The van der Waals surface area contributed by atoms with Crippen molar-refractivity contribution in [1.29, 1.82) is 0 Å². The van der Waals surface area contributed by atoms with Gasteiger partial charge in [0, 0.05) is 30.5 Å². The molecule has 33 heavy (non-hydrogen) atoms. The summed E-state index contributed by atoms with van der Waals surface area (Å²) in [6, 6.07) is 4.77. The number of nitrogen functional groups attached to an aromatic ring is 1. The SMILES string of the molecule is Nc1nc(O)c2c(C(CC=O)c3ccc(C(=O)N[C@@H](CCC(=O)O)C(=O)O)cc3)c[nH]c2n1. The van der Waals surface area contributed by atoms with E-state index in [0.29, 0.717) is 22.2 Å². The van der Waals surface area contributed by atoms with Crippen LogP contribution in [0.5, 0.6) is 5.88 Å². The Morgan fingerprint density at radius 3 is 2.45 bits per heavy atom. The molecule has 0 bridgehead atoms. The van der Waals surface area contributed by atoms with Crippen molar-refractivity contribution >= 4 is 41.1 Å². The van der Waals surface area contributed by atoms with Crippen molar-refractivity contribution in [2.75, 3.05) is 5.73 Å². The van der Waals surface area contributed by atoms with Gasteiger partial charge < -0.3 is 36.1 Å². The minimum atomic E-state index is -1.35. The maximum Gasteiger partial charge on any atom is 0.326 e. The summed E-state index contributed by atoms with van der Waals surface area (Å²) in [7, 11) is 0. The lowest BCUT2D eigenvalue weighted by Gasteiger charge is -2.16. The number of aromatic nitrogens is 3. The molecule has 0 aliphatic carbocycles. The van der Waals surface area contributed by atoms with E-state index in [1.165, 1.54) is 12.1 Å². The third kappa shape index (κ3) is 5.23. The predicted octanol–water partition coefficient (Wildman–Crippen LogP) is 1.01. The first kappa shape index (κ1) is 23.2. The summed E-state index contributed by atoms with van der Waals surface area (Å²) >= 11 is 0. The molecule has 12 nitrogen and oxygen atoms in total. The Labute approximate surface area is 186 Å². The number of aromatic hydroxyl groups is 1. The number of amides is 1. The molecule has 172 valence electrons. The van der Waals surface area contributed by atoms with Crippen molar-refractivity contribution in [2.24, 2.45) is 0 Å². The van der Waals surface area contributed by atoms with Crippen LogP contribution in [0.1, 0.15) is 46.7 Å². The molecule has 0 saturated heterocycles. The van der Waals surface area contributed by atoms with Crippen molar-refractivity contribution in [1.82, 2.24) is 20.3 Å². The van der Waals surface area contributed by atoms with Crippen molar-refractivity contribution < 1.29 is 34.5 Å². The average Bonchev–Trinajstić information content (AvgIpc) is 3.18. The number of rotatable bonds is 10. The van der Waals surface area contributed by atoms with Gasteiger partial charge in [-0.1, -0.05) is 12.1 Å². The third-order valence-electron chi connectivity index (χ3n) is 5.09. The number of aromatic amines is 1. The highest BCUT2D eigenvalue weighted by Gasteiger charge is 2.24. The summed E-state index contributed by atoms with van der Waals surface area (Å²) in [6.45, 7) is 0. The minimum absolute atomic E-state index is 0.0680. The Morgan fingerprint density at radius 1 is 1.15 bits per heavy atom. The maximum absolute atomic E-state index is 12.4. The van der Waals surface area contributed by atoms with Crippen LogP contribution in [0.25, 0.3) is 11.0 Å². The molecule has 1 aromatic carbocycles. The molecule has 3 aromatic rings. The quantitative estimate of drug-likeness (QED) is 0.239. The fourth-order valence-electron chi connectivity index (χ4n) is 3.50. The lowest BCUT2D eigenvalue weighted by atomic mass is 9.88. The van der Waals surface area contributed by atoms with Gasteiger partial charge in [0.2, 0.25) is 11.8 Å². The van der Waals surface area contributed by atoms with E-state index < -0.39 is 36.2 Å². The Morgan fingerprint density at radius 2 is 1.85 bits per heavy atom. The summed E-state index contributed by atoms with van der Waals surface area (Å²) in [5.41, 5.74) is 7.22. The van der Waals surface area contributed by atoms with Crippen LogP contribution in [0.4, 0.5) is 5.95 Å². The lowest BCUT2D eigenvalue weighted by Crippen LogP contribution is -2.41. The molecule has 1 amide bonds. The molecule has 1 unspecified atom stereocenters. The topological polar surface area (TPSA) is 209 Å². The normalized spacial score (nSPS) is 12.7. The van der Waals surface area contributed by atoms with Crippen LogP contribution in [0.2, 0.25) is 0 Å². The largest absolute Gasteiger partial charge is 0.493 e. The van der Waals surface area contributed by atoms with E-state index in [1.807, 2.05) is 0 Å². The summed E-state index contributed by atoms with van der Waals surface area (Å²) in [4.78, 5) is 56.4. The number of hydrogen-bond acceptors (Lipinski definition) is 8. The zero-order valence-corrected chi connectivity index (χ0v) is 17.2. The maximum atomic E-state index is 12.4. The van der Waals surface area contributed by atoms with Crippen LogP contribution in [-0.4, -0.2) is 60.4 Å².